The molecule has 6 heteroatoms. The molecular formula is C9H12Br2N2OS. The van der Waals surface area contributed by atoms with Gasteiger partial charge in [0.15, 0.2) is 0 Å². The van der Waals surface area contributed by atoms with E-state index in [1.807, 2.05) is 6.07 Å². The zero-order chi connectivity index (χ0) is 11.3. The summed E-state index contributed by atoms with van der Waals surface area (Å²) in [6.45, 7) is 0.785. The molecule has 0 bridgehead atoms. The minimum Gasteiger partial charge on any atom is -0.369 e. The third-order valence-corrected chi connectivity index (χ3v) is 3.61. The minimum atomic E-state index is -0.712. The van der Waals surface area contributed by atoms with Gasteiger partial charge in [0, 0.05) is 40.0 Å². The zero-order valence-corrected chi connectivity index (χ0v) is 12.3. The van der Waals surface area contributed by atoms with E-state index in [4.69, 9.17) is 0 Å². The number of hydrogen-bond acceptors (Lipinski definition) is 3. The second kappa shape index (κ2) is 6.60. The van der Waals surface area contributed by atoms with Gasteiger partial charge in [0.2, 0.25) is 0 Å². The molecule has 0 aromatic carbocycles. The van der Waals surface area contributed by atoms with Gasteiger partial charge in [-0.05, 0) is 44.3 Å². The first-order valence-corrected chi connectivity index (χ1v) is 7.76. The van der Waals surface area contributed by atoms with Crippen molar-refractivity contribution in [3.8, 4) is 0 Å². The molecule has 1 unspecified atom stereocenters. The van der Waals surface area contributed by atoms with Crippen LogP contribution in [-0.2, 0) is 10.8 Å². The van der Waals surface area contributed by atoms with E-state index in [2.05, 4.69) is 42.2 Å². The van der Waals surface area contributed by atoms with Crippen molar-refractivity contribution in [2.45, 2.75) is 6.42 Å². The molecule has 0 saturated carbocycles. The quantitative estimate of drug-likeness (QED) is 0.826. The summed E-state index contributed by atoms with van der Waals surface area (Å²) in [5.41, 5.74) is 0. The molecule has 0 aliphatic carbocycles. The molecule has 0 spiro atoms. The Morgan fingerprint density at radius 2 is 2.27 bits per heavy atom. The zero-order valence-electron chi connectivity index (χ0n) is 8.30. The fourth-order valence-electron chi connectivity index (χ4n) is 1.03. The Balaban J connectivity index is 2.40. The predicted octanol–water partition coefficient (Wildman–Crippen LogP) is 2.79. The van der Waals surface area contributed by atoms with Crippen LogP contribution in [0.15, 0.2) is 21.2 Å². The van der Waals surface area contributed by atoms with Gasteiger partial charge in [-0.25, -0.2) is 4.98 Å². The lowest BCUT2D eigenvalue weighted by molar-refractivity contribution is 0.685. The average molecular weight is 356 g/mol. The monoisotopic (exact) mass is 354 g/mol. The van der Waals surface area contributed by atoms with E-state index in [0.717, 1.165) is 33.5 Å². The molecule has 0 saturated heterocycles. The molecule has 3 nitrogen and oxygen atoms in total. The Bertz CT molecular complexity index is 360. The Kier molecular flexibility index (Phi) is 5.78. The molecule has 0 amide bonds. The fraction of sp³-hybridized carbons (Fsp3) is 0.444. The molecule has 0 radical (unpaired) electrons. The molecule has 1 rings (SSSR count). The second-order valence-corrected chi connectivity index (χ2v) is 6.37. The van der Waals surface area contributed by atoms with Crippen molar-refractivity contribution in [3.05, 3.63) is 21.2 Å². The summed E-state index contributed by atoms with van der Waals surface area (Å²) in [6.07, 6.45) is 4.34. The van der Waals surface area contributed by atoms with Crippen LogP contribution in [0.3, 0.4) is 0 Å². The Morgan fingerprint density at radius 1 is 1.53 bits per heavy atom. The van der Waals surface area contributed by atoms with Crippen molar-refractivity contribution >= 4 is 48.5 Å². The maximum absolute atomic E-state index is 10.8. The SMILES string of the molecule is CS(=O)CCCNc1ncc(Br)cc1Br. The molecule has 1 N–H and O–H groups in total. The smallest absolute Gasteiger partial charge is 0.140 e. The summed E-state index contributed by atoms with van der Waals surface area (Å²) in [7, 11) is -0.712. The van der Waals surface area contributed by atoms with Gasteiger partial charge in [-0.3, -0.25) is 4.21 Å². The van der Waals surface area contributed by atoms with Crippen LogP contribution in [0.2, 0.25) is 0 Å². The summed E-state index contributed by atoms with van der Waals surface area (Å²) in [6, 6.07) is 1.94. The molecule has 0 fully saturated rings. The number of halogens is 2. The highest BCUT2D eigenvalue weighted by molar-refractivity contribution is 9.11. The van der Waals surface area contributed by atoms with Crippen LogP contribution in [0.25, 0.3) is 0 Å². The number of rotatable bonds is 5. The summed E-state index contributed by atoms with van der Waals surface area (Å²) in [5.74, 6) is 1.54. The molecule has 1 atom stereocenters. The van der Waals surface area contributed by atoms with Gasteiger partial charge in [-0.1, -0.05) is 0 Å². The molecule has 1 heterocycles. The highest BCUT2D eigenvalue weighted by atomic mass is 79.9. The molecule has 1 aromatic heterocycles. The van der Waals surface area contributed by atoms with Gasteiger partial charge in [0.05, 0.1) is 4.47 Å². The lowest BCUT2D eigenvalue weighted by Gasteiger charge is -2.06. The van der Waals surface area contributed by atoms with E-state index < -0.39 is 10.8 Å². The van der Waals surface area contributed by atoms with Crippen molar-refractivity contribution in [2.75, 3.05) is 23.9 Å². The first-order chi connectivity index (χ1) is 7.09. The van der Waals surface area contributed by atoms with E-state index in [1.165, 1.54) is 0 Å². The van der Waals surface area contributed by atoms with Crippen LogP contribution in [0.4, 0.5) is 5.82 Å². The first-order valence-electron chi connectivity index (χ1n) is 4.44. The number of anilines is 1. The average Bonchev–Trinajstić information content (AvgIpc) is 2.14. The Hall–Kier alpha value is 0.0600. The third-order valence-electron chi connectivity index (χ3n) is 1.71. The van der Waals surface area contributed by atoms with Gasteiger partial charge in [-0.15, -0.1) is 0 Å². The molecule has 15 heavy (non-hydrogen) atoms. The van der Waals surface area contributed by atoms with E-state index in [-0.39, 0.29) is 0 Å². The van der Waals surface area contributed by atoms with Gasteiger partial charge >= 0.3 is 0 Å². The lowest BCUT2D eigenvalue weighted by atomic mass is 10.4. The number of hydrogen-bond donors (Lipinski definition) is 1. The standard InChI is InChI=1S/C9H12Br2N2OS/c1-15(14)4-2-3-12-9-8(11)5-7(10)6-13-9/h5-6H,2-4H2,1H3,(H,12,13). The van der Waals surface area contributed by atoms with Crippen LogP contribution in [0.1, 0.15) is 6.42 Å². The summed E-state index contributed by atoms with van der Waals surface area (Å²) in [5, 5.41) is 3.18. The predicted molar refractivity (Wildman–Crippen MR) is 71.7 cm³/mol. The van der Waals surface area contributed by atoms with Gasteiger partial charge in [0.1, 0.15) is 5.82 Å². The van der Waals surface area contributed by atoms with Crippen LogP contribution in [-0.4, -0.2) is 27.7 Å². The number of nitrogens with one attached hydrogen (secondary N) is 1. The van der Waals surface area contributed by atoms with E-state index >= 15 is 0 Å². The van der Waals surface area contributed by atoms with Crippen LogP contribution < -0.4 is 5.32 Å². The van der Waals surface area contributed by atoms with Crippen molar-refractivity contribution in [2.24, 2.45) is 0 Å². The van der Waals surface area contributed by atoms with Crippen molar-refractivity contribution < 1.29 is 4.21 Å². The third kappa shape index (κ3) is 5.08. The molecule has 1 aromatic rings. The van der Waals surface area contributed by atoms with Gasteiger partial charge < -0.3 is 5.32 Å². The topological polar surface area (TPSA) is 42.0 Å². The molecular weight excluding hydrogens is 344 g/mol. The van der Waals surface area contributed by atoms with E-state index in [0.29, 0.717) is 0 Å². The second-order valence-electron chi connectivity index (χ2n) is 3.04. The lowest BCUT2D eigenvalue weighted by Crippen LogP contribution is -2.07. The minimum absolute atomic E-state index is 0.712. The summed E-state index contributed by atoms with van der Waals surface area (Å²) >= 11 is 6.75. The highest BCUT2D eigenvalue weighted by Crippen LogP contribution is 2.23. The Labute approximate surface area is 109 Å². The number of aromatic nitrogens is 1. The number of pyridine rings is 1. The normalized spacial score (nSPS) is 12.5. The maximum atomic E-state index is 10.8. The number of nitrogens with zero attached hydrogens (tertiary/aromatic N) is 1. The van der Waals surface area contributed by atoms with Crippen LogP contribution in [0.5, 0.6) is 0 Å². The van der Waals surface area contributed by atoms with Crippen molar-refractivity contribution in [1.29, 1.82) is 0 Å². The summed E-state index contributed by atoms with van der Waals surface area (Å²) < 4.78 is 12.7. The van der Waals surface area contributed by atoms with E-state index in [1.54, 1.807) is 12.5 Å². The van der Waals surface area contributed by atoms with E-state index in [9.17, 15) is 4.21 Å². The van der Waals surface area contributed by atoms with Gasteiger partial charge in [0.25, 0.3) is 0 Å². The fourth-order valence-corrected chi connectivity index (χ4v) is 2.71. The highest BCUT2D eigenvalue weighted by Gasteiger charge is 2.01. The first kappa shape index (κ1) is 13.1. The van der Waals surface area contributed by atoms with Crippen LogP contribution in [0, 0.1) is 0 Å². The van der Waals surface area contributed by atoms with Crippen LogP contribution >= 0.6 is 31.9 Å². The molecule has 0 aliphatic heterocycles. The van der Waals surface area contributed by atoms with Crippen molar-refractivity contribution in [1.82, 2.24) is 4.98 Å². The maximum Gasteiger partial charge on any atom is 0.140 e. The summed E-state index contributed by atoms with van der Waals surface area (Å²) in [4.78, 5) is 4.21. The Morgan fingerprint density at radius 3 is 2.87 bits per heavy atom. The van der Waals surface area contributed by atoms with Crippen molar-refractivity contribution in [3.63, 3.8) is 0 Å². The van der Waals surface area contributed by atoms with Gasteiger partial charge in [-0.2, -0.15) is 0 Å². The molecule has 84 valence electrons. The largest absolute Gasteiger partial charge is 0.369 e. The molecule has 0 aliphatic rings.